The van der Waals surface area contributed by atoms with E-state index in [2.05, 4.69) is 0 Å². The van der Waals surface area contributed by atoms with Gasteiger partial charge in [-0.3, -0.25) is 14.4 Å². The first kappa shape index (κ1) is 25.7. The molecule has 4 heterocycles. The Labute approximate surface area is 221 Å². The second kappa shape index (κ2) is 8.01. The first-order valence-electron chi connectivity index (χ1n) is 13.7. The summed E-state index contributed by atoms with van der Waals surface area (Å²) >= 11 is 0. The van der Waals surface area contributed by atoms with Gasteiger partial charge in [0, 0.05) is 41.1 Å². The zero-order chi connectivity index (χ0) is 27.4. The number of esters is 3. The van der Waals surface area contributed by atoms with Crippen molar-refractivity contribution >= 4 is 23.7 Å². The number of ether oxygens (including phenoxy) is 4. The lowest BCUT2D eigenvalue weighted by atomic mass is 9.64. The minimum absolute atomic E-state index is 0.0838. The Morgan fingerprint density at radius 2 is 1.87 bits per heavy atom. The predicted octanol–water partition coefficient (Wildman–Crippen LogP) is 2.93. The van der Waals surface area contributed by atoms with Gasteiger partial charge in [-0.25, -0.2) is 4.79 Å². The first-order valence-corrected chi connectivity index (χ1v) is 13.7. The predicted molar refractivity (Wildman–Crippen MR) is 131 cm³/mol. The SMILES string of the molecule is CC1=C/C(=C/[C@H](C)C(=O)[C@]2(C)CC(=O)O[C@@H]3[C@H]4CC[C@H]5C(C)(C)O[C@@H]6CC(=O)O[C@@]65C[C@@]4(O)C[C@@H]32)OC1=O. The molecule has 4 aliphatic heterocycles. The van der Waals surface area contributed by atoms with Crippen molar-refractivity contribution in [3.63, 3.8) is 0 Å². The molecule has 0 aromatic rings. The van der Waals surface area contributed by atoms with E-state index in [4.69, 9.17) is 18.9 Å². The molecule has 2 aliphatic carbocycles. The quantitative estimate of drug-likeness (QED) is 0.435. The zero-order valence-electron chi connectivity index (χ0n) is 22.6. The molecule has 0 radical (unpaired) electrons. The maximum Gasteiger partial charge on any atom is 0.339 e. The summed E-state index contributed by atoms with van der Waals surface area (Å²) < 4.78 is 23.5. The van der Waals surface area contributed by atoms with Crippen molar-refractivity contribution in [2.45, 2.75) is 102 Å². The maximum atomic E-state index is 13.9. The molecule has 0 aromatic heterocycles. The second-order valence-corrected chi connectivity index (χ2v) is 13.2. The first-order chi connectivity index (χ1) is 17.7. The number of rotatable bonds is 3. The number of fused-ring (bicyclic) bond motifs is 3. The van der Waals surface area contributed by atoms with Gasteiger partial charge in [-0.2, -0.15) is 0 Å². The topological polar surface area (TPSA) is 125 Å². The Balaban J connectivity index is 1.33. The van der Waals surface area contributed by atoms with Crippen molar-refractivity contribution in [2.24, 2.45) is 29.1 Å². The van der Waals surface area contributed by atoms with Crippen LogP contribution in [-0.4, -0.2) is 57.8 Å². The van der Waals surface area contributed by atoms with Gasteiger partial charge in [-0.05, 0) is 52.2 Å². The third-order valence-corrected chi connectivity index (χ3v) is 10.4. The molecule has 0 unspecified atom stereocenters. The Morgan fingerprint density at radius 1 is 1.13 bits per heavy atom. The molecule has 9 atom stereocenters. The summed E-state index contributed by atoms with van der Waals surface area (Å²) in [6, 6.07) is 0. The van der Waals surface area contributed by atoms with Gasteiger partial charge >= 0.3 is 17.9 Å². The van der Waals surface area contributed by atoms with Crippen LogP contribution >= 0.6 is 0 Å². The highest BCUT2D eigenvalue weighted by Crippen LogP contribution is 2.64. The molecule has 5 fully saturated rings. The average Bonchev–Trinajstić information content (AvgIpc) is 3.39. The molecule has 206 valence electrons. The smallest absolute Gasteiger partial charge is 0.339 e. The highest BCUT2D eigenvalue weighted by molar-refractivity contribution is 5.94. The zero-order valence-corrected chi connectivity index (χ0v) is 22.6. The van der Waals surface area contributed by atoms with Gasteiger partial charge in [-0.1, -0.05) is 13.8 Å². The summed E-state index contributed by atoms with van der Waals surface area (Å²) in [6.07, 6.45) is 3.91. The van der Waals surface area contributed by atoms with Gasteiger partial charge < -0.3 is 24.1 Å². The number of allylic oxidation sites excluding steroid dienone is 2. The molecular formula is C29H36O9. The Bertz CT molecular complexity index is 1200. The van der Waals surface area contributed by atoms with E-state index in [0.717, 1.165) is 0 Å². The van der Waals surface area contributed by atoms with Crippen LogP contribution in [0.4, 0.5) is 0 Å². The summed E-state index contributed by atoms with van der Waals surface area (Å²) in [6.45, 7) is 9.18. The van der Waals surface area contributed by atoms with Crippen LogP contribution in [0.5, 0.6) is 0 Å². The second-order valence-electron chi connectivity index (χ2n) is 13.2. The number of cyclic esters (lactones) is 1. The van der Waals surface area contributed by atoms with Crippen LogP contribution in [-0.2, 0) is 38.1 Å². The fraction of sp³-hybridized carbons (Fsp3) is 0.724. The van der Waals surface area contributed by atoms with E-state index in [1.165, 1.54) is 0 Å². The van der Waals surface area contributed by atoms with E-state index in [-0.39, 0.29) is 49.3 Å². The van der Waals surface area contributed by atoms with Crippen molar-refractivity contribution in [3.8, 4) is 0 Å². The van der Waals surface area contributed by atoms with Crippen LogP contribution in [0, 0.1) is 29.1 Å². The fourth-order valence-electron chi connectivity index (χ4n) is 8.74. The van der Waals surface area contributed by atoms with Gasteiger partial charge in [0.15, 0.2) is 0 Å². The molecular weight excluding hydrogens is 492 g/mol. The lowest BCUT2D eigenvalue weighted by Gasteiger charge is -2.43. The van der Waals surface area contributed by atoms with Crippen molar-refractivity contribution in [1.82, 2.24) is 0 Å². The highest BCUT2D eigenvalue weighted by atomic mass is 16.6. The molecule has 9 nitrogen and oxygen atoms in total. The number of aliphatic hydroxyl groups is 1. The molecule has 3 saturated heterocycles. The van der Waals surface area contributed by atoms with Crippen LogP contribution in [0.3, 0.4) is 0 Å². The molecule has 0 aromatic carbocycles. The Morgan fingerprint density at radius 3 is 2.55 bits per heavy atom. The van der Waals surface area contributed by atoms with Crippen LogP contribution < -0.4 is 0 Å². The van der Waals surface area contributed by atoms with E-state index in [1.807, 2.05) is 13.8 Å². The van der Waals surface area contributed by atoms with Gasteiger partial charge in [-0.15, -0.1) is 0 Å². The third-order valence-electron chi connectivity index (χ3n) is 10.4. The minimum Gasteiger partial charge on any atom is -0.462 e. The summed E-state index contributed by atoms with van der Waals surface area (Å²) in [5, 5.41) is 12.3. The number of Topliss-reactive ketones (excluding diaryl/α,β-unsaturated/α-hetero) is 1. The van der Waals surface area contributed by atoms with Gasteiger partial charge in [0.2, 0.25) is 0 Å². The van der Waals surface area contributed by atoms with Crippen molar-refractivity contribution in [1.29, 1.82) is 0 Å². The van der Waals surface area contributed by atoms with Crippen LogP contribution in [0.1, 0.15) is 73.1 Å². The summed E-state index contributed by atoms with van der Waals surface area (Å²) in [5.41, 5.74) is -3.35. The normalized spacial score (nSPS) is 46.7. The van der Waals surface area contributed by atoms with E-state index in [0.29, 0.717) is 24.2 Å². The van der Waals surface area contributed by atoms with E-state index >= 15 is 0 Å². The van der Waals surface area contributed by atoms with E-state index < -0.39 is 58.2 Å². The lowest BCUT2D eigenvalue weighted by molar-refractivity contribution is -0.177. The Kier molecular flexibility index (Phi) is 5.42. The molecule has 1 N–H and O–H groups in total. The molecule has 0 bridgehead atoms. The largest absolute Gasteiger partial charge is 0.462 e. The number of carbonyl (C=O) groups is 4. The molecule has 2 saturated carbocycles. The standard InChI is InChI=1S/C29H36O9/c1-14(8-16-9-15(2)25(33)35-16)24(32)27(5)12-22(31)36-23-17-6-7-19-26(3,4)37-20-10-21(30)38-29(19,20)13-28(17,34)11-18(23)27/h8-9,14,17-20,23,34H,6-7,10-13H2,1-5H3/b16-8-/t14-,17+,18-,19-,20+,23+,27+,28-,29+/m0/s1. The summed E-state index contributed by atoms with van der Waals surface area (Å²) in [4.78, 5) is 51.1. The monoisotopic (exact) mass is 528 g/mol. The molecule has 38 heavy (non-hydrogen) atoms. The summed E-state index contributed by atoms with van der Waals surface area (Å²) in [7, 11) is 0. The van der Waals surface area contributed by atoms with Crippen molar-refractivity contribution in [2.75, 3.05) is 0 Å². The van der Waals surface area contributed by atoms with Crippen LogP contribution in [0.2, 0.25) is 0 Å². The minimum atomic E-state index is -1.29. The van der Waals surface area contributed by atoms with Crippen molar-refractivity contribution in [3.05, 3.63) is 23.5 Å². The number of ketones is 1. The summed E-state index contributed by atoms with van der Waals surface area (Å²) in [5.74, 6) is -2.54. The highest BCUT2D eigenvalue weighted by Gasteiger charge is 2.73. The lowest BCUT2D eigenvalue weighted by Crippen LogP contribution is -2.50. The molecule has 1 spiro atoms. The van der Waals surface area contributed by atoms with Crippen LogP contribution in [0.15, 0.2) is 23.5 Å². The average molecular weight is 529 g/mol. The van der Waals surface area contributed by atoms with Crippen LogP contribution in [0.25, 0.3) is 0 Å². The number of carbonyl (C=O) groups excluding carboxylic acids is 4. The maximum absolute atomic E-state index is 13.9. The van der Waals surface area contributed by atoms with Gasteiger partial charge in [0.25, 0.3) is 0 Å². The van der Waals surface area contributed by atoms with Gasteiger partial charge in [0.05, 0.1) is 24.0 Å². The van der Waals surface area contributed by atoms with E-state index in [9.17, 15) is 24.3 Å². The van der Waals surface area contributed by atoms with Gasteiger partial charge in [0.1, 0.15) is 29.4 Å². The molecule has 9 heteroatoms. The molecule has 6 aliphatic rings. The third kappa shape index (κ3) is 3.50. The number of hydrogen-bond acceptors (Lipinski definition) is 9. The Hall–Kier alpha value is -2.52. The van der Waals surface area contributed by atoms with Crippen molar-refractivity contribution < 1.29 is 43.2 Å². The fourth-order valence-corrected chi connectivity index (χ4v) is 8.74. The molecule has 6 rings (SSSR count). The molecule has 0 amide bonds. The number of hydrogen-bond donors (Lipinski definition) is 1. The van der Waals surface area contributed by atoms with E-state index in [1.54, 1.807) is 32.9 Å².